The van der Waals surface area contributed by atoms with Crippen molar-refractivity contribution in [1.82, 2.24) is 5.06 Å². The molecule has 0 spiro atoms. The second-order valence-electron chi connectivity index (χ2n) is 6.52. The molecule has 1 heterocycles. The van der Waals surface area contributed by atoms with Gasteiger partial charge in [-0.15, -0.1) is 0 Å². The SMILES string of the molecule is CON1C(C)(C)CC(OC(=O)CCC(=O)O)CC1(C)C. The van der Waals surface area contributed by atoms with E-state index in [-0.39, 0.29) is 30.0 Å². The summed E-state index contributed by atoms with van der Waals surface area (Å²) in [4.78, 5) is 27.6. The summed E-state index contributed by atoms with van der Waals surface area (Å²) >= 11 is 0. The number of carbonyl (C=O) groups is 2. The summed E-state index contributed by atoms with van der Waals surface area (Å²) in [7, 11) is 1.64. The summed E-state index contributed by atoms with van der Waals surface area (Å²) in [6, 6.07) is 0. The maximum atomic E-state index is 11.7. The number of carbonyl (C=O) groups excluding carboxylic acids is 1. The topological polar surface area (TPSA) is 76.1 Å². The van der Waals surface area contributed by atoms with E-state index in [0.29, 0.717) is 12.8 Å². The number of carboxylic acid groups (broad SMARTS) is 1. The summed E-state index contributed by atoms with van der Waals surface area (Å²) in [6.07, 6.45) is 0.822. The van der Waals surface area contributed by atoms with Crippen LogP contribution in [0, 0.1) is 0 Å². The zero-order chi connectivity index (χ0) is 15.6. The molecule has 0 unspecified atom stereocenters. The summed E-state index contributed by atoms with van der Waals surface area (Å²) in [5, 5.41) is 10.5. The predicted octanol–water partition coefficient (Wildman–Crippen LogP) is 1.98. The monoisotopic (exact) mass is 287 g/mol. The molecule has 0 aromatic carbocycles. The minimum absolute atomic E-state index is 0.0827. The number of hydrogen-bond donors (Lipinski definition) is 1. The molecule has 0 bridgehead atoms. The normalized spacial score (nSPS) is 22.4. The van der Waals surface area contributed by atoms with Crippen LogP contribution < -0.4 is 0 Å². The van der Waals surface area contributed by atoms with Crippen molar-refractivity contribution in [2.45, 2.75) is 70.6 Å². The number of nitrogens with zero attached hydrogens (tertiary/aromatic N) is 1. The summed E-state index contributed by atoms with van der Waals surface area (Å²) in [5.41, 5.74) is -0.511. The fourth-order valence-corrected chi connectivity index (χ4v) is 3.20. The summed E-state index contributed by atoms with van der Waals surface area (Å²) < 4.78 is 5.42. The number of carboxylic acids is 1. The van der Waals surface area contributed by atoms with Gasteiger partial charge in [-0.3, -0.25) is 9.59 Å². The van der Waals surface area contributed by atoms with E-state index in [9.17, 15) is 9.59 Å². The molecule has 0 radical (unpaired) electrons. The van der Waals surface area contributed by atoms with E-state index in [2.05, 4.69) is 0 Å². The Morgan fingerprint density at radius 3 is 2.05 bits per heavy atom. The van der Waals surface area contributed by atoms with Crippen molar-refractivity contribution < 1.29 is 24.3 Å². The molecular formula is C14H25NO5. The molecule has 20 heavy (non-hydrogen) atoms. The molecule has 1 N–H and O–H groups in total. The van der Waals surface area contributed by atoms with E-state index >= 15 is 0 Å². The smallest absolute Gasteiger partial charge is 0.306 e. The molecule has 6 heteroatoms. The average Bonchev–Trinajstić information content (AvgIpc) is 2.23. The Bertz CT molecular complexity index is 360. The third-order valence-electron chi connectivity index (χ3n) is 3.58. The number of hydroxylamine groups is 2. The Balaban J connectivity index is 2.66. The molecule has 0 aromatic rings. The van der Waals surface area contributed by atoms with Crippen LogP contribution in [0.5, 0.6) is 0 Å². The zero-order valence-electron chi connectivity index (χ0n) is 12.9. The van der Waals surface area contributed by atoms with Gasteiger partial charge >= 0.3 is 11.9 Å². The highest BCUT2D eigenvalue weighted by Gasteiger charge is 2.47. The van der Waals surface area contributed by atoms with Crippen molar-refractivity contribution in [2.24, 2.45) is 0 Å². The number of rotatable bonds is 5. The van der Waals surface area contributed by atoms with E-state index < -0.39 is 11.9 Å². The number of ether oxygens (including phenoxy) is 1. The predicted molar refractivity (Wildman–Crippen MR) is 73.0 cm³/mol. The highest BCUT2D eigenvalue weighted by molar-refractivity contribution is 5.76. The van der Waals surface area contributed by atoms with Gasteiger partial charge in [0.25, 0.3) is 0 Å². The van der Waals surface area contributed by atoms with Crippen molar-refractivity contribution in [1.29, 1.82) is 0 Å². The fraction of sp³-hybridized carbons (Fsp3) is 0.857. The summed E-state index contributed by atoms with van der Waals surface area (Å²) in [6.45, 7) is 8.15. The quantitative estimate of drug-likeness (QED) is 0.779. The highest BCUT2D eigenvalue weighted by Crippen LogP contribution is 2.39. The van der Waals surface area contributed by atoms with Gasteiger partial charge in [0.1, 0.15) is 6.10 Å². The van der Waals surface area contributed by atoms with E-state index in [1.165, 1.54) is 0 Å². The Kier molecular flexibility index (Phi) is 5.15. The maximum absolute atomic E-state index is 11.7. The van der Waals surface area contributed by atoms with Crippen molar-refractivity contribution in [3.8, 4) is 0 Å². The molecule has 1 rings (SSSR count). The van der Waals surface area contributed by atoms with Gasteiger partial charge in [-0.25, -0.2) is 0 Å². The largest absolute Gasteiger partial charge is 0.481 e. The lowest BCUT2D eigenvalue weighted by Gasteiger charge is -2.52. The van der Waals surface area contributed by atoms with Crippen LogP contribution in [0.2, 0.25) is 0 Å². The second kappa shape index (κ2) is 6.10. The van der Waals surface area contributed by atoms with E-state index in [4.69, 9.17) is 14.7 Å². The standard InChI is InChI=1S/C14H25NO5/c1-13(2)8-10(9-14(3,4)15(13)19-5)20-12(18)7-6-11(16)17/h10H,6-9H2,1-5H3,(H,16,17). The van der Waals surface area contributed by atoms with Gasteiger partial charge in [0.2, 0.25) is 0 Å². The van der Waals surface area contributed by atoms with Crippen molar-refractivity contribution in [3.63, 3.8) is 0 Å². The minimum atomic E-state index is -0.989. The van der Waals surface area contributed by atoms with Crippen LogP contribution in [0.25, 0.3) is 0 Å². The molecule has 1 saturated heterocycles. The molecule has 0 aliphatic carbocycles. The third kappa shape index (κ3) is 4.18. The van der Waals surface area contributed by atoms with Gasteiger partial charge in [-0.1, -0.05) is 0 Å². The highest BCUT2D eigenvalue weighted by atomic mass is 16.7. The molecule has 1 aliphatic heterocycles. The minimum Gasteiger partial charge on any atom is -0.481 e. The first-order chi connectivity index (χ1) is 9.08. The molecular weight excluding hydrogens is 262 g/mol. The second-order valence-corrected chi connectivity index (χ2v) is 6.52. The van der Waals surface area contributed by atoms with Gasteiger partial charge in [0.15, 0.2) is 0 Å². The van der Waals surface area contributed by atoms with Crippen LogP contribution in [0.15, 0.2) is 0 Å². The molecule has 0 atom stereocenters. The average molecular weight is 287 g/mol. The van der Waals surface area contributed by atoms with Gasteiger partial charge in [0, 0.05) is 23.9 Å². The molecule has 0 amide bonds. The van der Waals surface area contributed by atoms with Gasteiger partial charge in [-0.2, -0.15) is 5.06 Å². The van der Waals surface area contributed by atoms with Gasteiger partial charge in [0.05, 0.1) is 20.0 Å². The van der Waals surface area contributed by atoms with Gasteiger partial charge < -0.3 is 14.7 Å². The van der Waals surface area contributed by atoms with Crippen LogP contribution in [0.4, 0.5) is 0 Å². The summed E-state index contributed by atoms with van der Waals surface area (Å²) in [5.74, 6) is -1.44. The van der Waals surface area contributed by atoms with Crippen LogP contribution in [0.3, 0.4) is 0 Å². The first kappa shape index (κ1) is 16.9. The molecule has 1 fully saturated rings. The van der Waals surface area contributed by atoms with E-state index in [0.717, 1.165) is 0 Å². The Hall–Kier alpha value is -1.14. The number of aliphatic carboxylic acids is 1. The van der Waals surface area contributed by atoms with E-state index in [1.54, 1.807) is 7.11 Å². The Labute approximate surface area is 120 Å². The molecule has 0 aromatic heterocycles. The lowest BCUT2D eigenvalue weighted by atomic mass is 9.80. The lowest BCUT2D eigenvalue weighted by Crippen LogP contribution is -2.61. The fourth-order valence-electron chi connectivity index (χ4n) is 3.20. The Morgan fingerprint density at radius 1 is 1.15 bits per heavy atom. The molecule has 1 aliphatic rings. The van der Waals surface area contributed by atoms with Crippen LogP contribution in [0.1, 0.15) is 53.4 Å². The molecule has 116 valence electrons. The van der Waals surface area contributed by atoms with Gasteiger partial charge in [-0.05, 0) is 27.7 Å². The third-order valence-corrected chi connectivity index (χ3v) is 3.58. The first-order valence-corrected chi connectivity index (χ1v) is 6.84. The van der Waals surface area contributed by atoms with Crippen molar-refractivity contribution in [2.75, 3.05) is 7.11 Å². The molecule has 6 nitrogen and oxygen atoms in total. The first-order valence-electron chi connectivity index (χ1n) is 6.84. The van der Waals surface area contributed by atoms with Crippen LogP contribution >= 0.6 is 0 Å². The van der Waals surface area contributed by atoms with Crippen LogP contribution in [-0.2, 0) is 19.2 Å². The maximum Gasteiger partial charge on any atom is 0.306 e. The van der Waals surface area contributed by atoms with E-state index in [1.807, 2.05) is 32.8 Å². The lowest BCUT2D eigenvalue weighted by molar-refractivity contribution is -0.278. The number of esters is 1. The number of piperidine rings is 1. The van der Waals surface area contributed by atoms with Crippen molar-refractivity contribution >= 4 is 11.9 Å². The zero-order valence-corrected chi connectivity index (χ0v) is 12.9. The van der Waals surface area contributed by atoms with Crippen molar-refractivity contribution in [3.05, 3.63) is 0 Å². The number of hydrogen-bond acceptors (Lipinski definition) is 5. The molecule has 0 saturated carbocycles. The Morgan fingerprint density at radius 2 is 1.65 bits per heavy atom. The van der Waals surface area contributed by atoms with Crippen LogP contribution in [-0.4, -0.2) is 46.4 Å².